The van der Waals surface area contributed by atoms with Crippen LogP contribution in [0.1, 0.15) is 88.7 Å². The van der Waals surface area contributed by atoms with Crippen LogP contribution < -0.4 is 9.47 Å². The van der Waals surface area contributed by atoms with Gasteiger partial charge in [0.25, 0.3) is 0 Å². The summed E-state index contributed by atoms with van der Waals surface area (Å²) < 4.78 is 20.4. The maximum Gasteiger partial charge on any atom is 0.330 e. The van der Waals surface area contributed by atoms with Gasteiger partial charge >= 0.3 is 5.97 Å². The maximum absolute atomic E-state index is 14.7. The molecule has 10 heteroatoms. The third kappa shape index (κ3) is 4.75. The van der Waals surface area contributed by atoms with Gasteiger partial charge in [0.1, 0.15) is 34.7 Å². The van der Waals surface area contributed by atoms with Crippen LogP contribution in [-0.4, -0.2) is 68.2 Å². The van der Waals surface area contributed by atoms with E-state index in [1.807, 2.05) is 32.9 Å². The molecule has 48 heavy (non-hydrogen) atoms. The highest BCUT2D eigenvalue weighted by Gasteiger charge is 2.81. The SMILES string of the molecule is C/C(=C/C[C@@]12OC(C)(C)[C@@H]3C[C@H](C=C4C(=O)c5c(O)c6c(c(C/C=C(\C)CO)c5O[C@]431)O[C@](C)(CC/C=C(\C)C=O)C=C6)C2=O)C(=O)O. The van der Waals surface area contributed by atoms with Crippen molar-refractivity contribution in [1.82, 2.24) is 0 Å². The lowest BCUT2D eigenvalue weighted by molar-refractivity contribution is -0.171. The van der Waals surface area contributed by atoms with E-state index < -0.39 is 46.0 Å². The number of allylic oxidation sites excluding steroid dienone is 4. The Morgan fingerprint density at radius 2 is 1.79 bits per heavy atom. The van der Waals surface area contributed by atoms with Crippen LogP contribution in [-0.2, 0) is 25.5 Å². The number of hydrogen-bond donors (Lipinski definition) is 3. The van der Waals surface area contributed by atoms with Crippen molar-refractivity contribution in [2.75, 3.05) is 6.61 Å². The summed E-state index contributed by atoms with van der Waals surface area (Å²) in [6.45, 7) is 10.3. The summed E-state index contributed by atoms with van der Waals surface area (Å²) in [6.07, 6.45) is 12.5. The van der Waals surface area contributed by atoms with E-state index in [-0.39, 0.29) is 53.4 Å². The van der Waals surface area contributed by atoms with Crippen LogP contribution in [0.2, 0.25) is 0 Å². The molecule has 2 fully saturated rings. The second-order valence-corrected chi connectivity index (χ2v) is 14.5. The van der Waals surface area contributed by atoms with Crippen molar-refractivity contribution in [2.24, 2.45) is 11.8 Å². The first-order chi connectivity index (χ1) is 22.6. The number of aldehydes is 1. The predicted octanol–water partition coefficient (Wildman–Crippen LogP) is 5.39. The van der Waals surface area contributed by atoms with Crippen molar-refractivity contribution in [3.05, 3.63) is 69.4 Å². The van der Waals surface area contributed by atoms with Gasteiger partial charge in [0.05, 0.1) is 17.8 Å². The predicted molar refractivity (Wildman–Crippen MR) is 176 cm³/mol. The summed E-state index contributed by atoms with van der Waals surface area (Å²) in [6, 6.07) is 0. The molecule has 3 aliphatic heterocycles. The average Bonchev–Trinajstić information content (AvgIpc) is 3.19. The number of aromatic hydroxyl groups is 1. The monoisotopic (exact) mass is 658 g/mol. The molecule has 1 spiro atoms. The minimum Gasteiger partial charge on any atom is -0.506 e. The number of phenols is 1. The number of fused-ring (bicyclic) bond motifs is 2. The molecule has 0 radical (unpaired) electrons. The lowest BCUT2D eigenvalue weighted by atomic mass is 9.51. The third-order valence-corrected chi connectivity index (χ3v) is 10.8. The molecule has 1 saturated heterocycles. The van der Waals surface area contributed by atoms with Crippen molar-refractivity contribution in [2.45, 2.75) is 96.1 Å². The summed E-state index contributed by atoms with van der Waals surface area (Å²) in [5.41, 5.74) is -2.80. The summed E-state index contributed by atoms with van der Waals surface area (Å²) in [5, 5.41) is 31.2. The van der Waals surface area contributed by atoms with Crippen LogP contribution in [0.15, 0.2) is 52.7 Å². The maximum atomic E-state index is 14.7. The Morgan fingerprint density at radius 3 is 2.46 bits per heavy atom. The number of ether oxygens (including phenoxy) is 3. The molecule has 254 valence electrons. The number of carbonyl (C=O) groups is 4. The minimum absolute atomic E-state index is 0.0302. The van der Waals surface area contributed by atoms with Crippen LogP contribution in [0, 0.1) is 11.8 Å². The second kappa shape index (κ2) is 11.4. The zero-order valence-electron chi connectivity index (χ0n) is 28.1. The third-order valence-electron chi connectivity index (χ3n) is 10.8. The zero-order chi connectivity index (χ0) is 35.0. The van der Waals surface area contributed by atoms with E-state index in [4.69, 9.17) is 14.2 Å². The molecular weight excluding hydrogens is 616 g/mol. The highest BCUT2D eigenvalue weighted by atomic mass is 16.6. The molecule has 0 amide bonds. The number of hydrogen-bond acceptors (Lipinski definition) is 9. The van der Waals surface area contributed by atoms with E-state index in [0.717, 1.165) is 6.29 Å². The number of aliphatic hydroxyl groups excluding tert-OH is 1. The van der Waals surface area contributed by atoms with Gasteiger partial charge in [-0.25, -0.2) is 4.79 Å². The van der Waals surface area contributed by atoms with Crippen molar-refractivity contribution in [3.8, 4) is 17.2 Å². The van der Waals surface area contributed by atoms with Crippen LogP contribution >= 0.6 is 0 Å². The van der Waals surface area contributed by atoms with E-state index in [9.17, 15) is 34.5 Å². The number of aliphatic carboxylic acids is 1. The molecule has 4 bridgehead atoms. The fourth-order valence-electron chi connectivity index (χ4n) is 8.19. The van der Waals surface area contributed by atoms with Gasteiger partial charge in [-0.3, -0.25) is 14.4 Å². The first kappa shape index (κ1) is 33.6. The summed E-state index contributed by atoms with van der Waals surface area (Å²) in [4.78, 5) is 52.0. The molecule has 5 atom stereocenters. The number of phenolic OH excluding ortho intramolecular Hbond substituents is 1. The summed E-state index contributed by atoms with van der Waals surface area (Å²) >= 11 is 0. The molecule has 3 aliphatic carbocycles. The second-order valence-electron chi connectivity index (χ2n) is 14.5. The molecule has 10 nitrogen and oxygen atoms in total. The summed E-state index contributed by atoms with van der Waals surface area (Å²) in [7, 11) is 0. The summed E-state index contributed by atoms with van der Waals surface area (Å²) in [5.74, 6) is -2.91. The van der Waals surface area contributed by atoms with E-state index in [0.29, 0.717) is 47.3 Å². The standard InChI is InChI=1S/C38H42O10/c1-20(18-39)8-7-13-36(6)14-12-24-29(41)28-30(42)26-16-23-17-27-35(4,5)48-37(33(23)43,15-11-22(3)34(44)45)38(26,27)47-32(28)25(31(24)46-36)10-9-21(2)19-40/h8-9,11-12,14,16,18,23,27,40-41H,7,10,13,15,17,19H2,1-6H3,(H,44,45)/b20-8+,21-9+,22-11-/t23-,27-,36+,37-,38+/m0/s1. The number of aliphatic hydroxyl groups is 1. The molecular formula is C38H42O10. The Hall–Kier alpha value is -4.28. The molecule has 7 rings (SSSR count). The van der Waals surface area contributed by atoms with Gasteiger partial charge in [0, 0.05) is 35.0 Å². The molecule has 0 aromatic heterocycles. The zero-order valence-corrected chi connectivity index (χ0v) is 28.1. The van der Waals surface area contributed by atoms with Crippen molar-refractivity contribution >= 4 is 29.9 Å². The molecule has 1 saturated carbocycles. The van der Waals surface area contributed by atoms with Crippen LogP contribution in [0.5, 0.6) is 17.2 Å². The average molecular weight is 659 g/mol. The van der Waals surface area contributed by atoms with Gasteiger partial charge in [-0.2, -0.15) is 0 Å². The highest BCUT2D eigenvalue weighted by molar-refractivity contribution is 6.19. The Morgan fingerprint density at radius 1 is 1.06 bits per heavy atom. The fraction of sp³-hybridized carbons (Fsp3) is 0.474. The van der Waals surface area contributed by atoms with E-state index >= 15 is 0 Å². The Labute approximate surface area is 279 Å². The van der Waals surface area contributed by atoms with Gasteiger partial charge in [0.15, 0.2) is 22.8 Å². The Bertz CT molecular complexity index is 1800. The largest absolute Gasteiger partial charge is 0.506 e. The highest BCUT2D eigenvalue weighted by Crippen LogP contribution is 2.68. The number of carbonyl (C=O) groups excluding carboxylic acids is 3. The quantitative estimate of drug-likeness (QED) is 0.169. The van der Waals surface area contributed by atoms with E-state index in [1.165, 1.54) is 13.0 Å². The lowest BCUT2D eigenvalue weighted by Gasteiger charge is -2.56. The van der Waals surface area contributed by atoms with Crippen LogP contribution in [0.4, 0.5) is 0 Å². The minimum atomic E-state index is -1.70. The van der Waals surface area contributed by atoms with E-state index in [1.54, 1.807) is 32.1 Å². The van der Waals surface area contributed by atoms with Gasteiger partial charge in [0.2, 0.25) is 0 Å². The van der Waals surface area contributed by atoms with Gasteiger partial charge in [-0.05, 0) is 85.0 Å². The van der Waals surface area contributed by atoms with Crippen LogP contribution in [0.25, 0.3) is 6.08 Å². The normalized spacial score (nSPS) is 31.4. The first-order valence-electron chi connectivity index (χ1n) is 16.3. The molecule has 3 N–H and O–H groups in total. The fourth-order valence-corrected chi connectivity index (χ4v) is 8.19. The van der Waals surface area contributed by atoms with Crippen LogP contribution in [0.3, 0.4) is 0 Å². The molecule has 1 aromatic carbocycles. The number of rotatable bonds is 10. The molecule has 1 aromatic rings. The topological polar surface area (TPSA) is 157 Å². The lowest BCUT2D eigenvalue weighted by Crippen LogP contribution is -2.72. The van der Waals surface area contributed by atoms with Crippen molar-refractivity contribution < 1.29 is 48.7 Å². The Kier molecular flexibility index (Phi) is 7.99. The van der Waals surface area contributed by atoms with E-state index in [2.05, 4.69) is 0 Å². The number of carboxylic acid groups (broad SMARTS) is 1. The van der Waals surface area contributed by atoms with Crippen molar-refractivity contribution in [1.29, 1.82) is 0 Å². The molecule has 6 aliphatic rings. The number of ketones is 2. The number of Topliss-reactive ketones (excluding diaryl/α,β-unsaturated/α-hetero) is 2. The first-order valence-corrected chi connectivity index (χ1v) is 16.3. The molecule has 3 heterocycles. The number of carboxylic acids is 1. The smallest absolute Gasteiger partial charge is 0.330 e. The number of benzene rings is 1. The molecule has 0 unspecified atom stereocenters. The van der Waals surface area contributed by atoms with Gasteiger partial charge in [-0.1, -0.05) is 29.9 Å². The van der Waals surface area contributed by atoms with Crippen molar-refractivity contribution in [3.63, 3.8) is 0 Å². The van der Waals surface area contributed by atoms with Gasteiger partial charge < -0.3 is 29.5 Å². The Balaban J connectivity index is 1.58. The van der Waals surface area contributed by atoms with Gasteiger partial charge in [-0.15, -0.1) is 0 Å².